The van der Waals surface area contributed by atoms with E-state index in [9.17, 15) is 9.13 Å². The molecule has 0 aromatic rings. The normalized spacial score (nSPS) is 15.5. The number of phosphoric ester groups is 1. The zero-order chi connectivity index (χ0) is 15.6. The van der Waals surface area contributed by atoms with Gasteiger partial charge in [-0.15, -0.1) is 0 Å². The molecule has 0 aliphatic rings. The fourth-order valence-electron chi connectivity index (χ4n) is 1.70. The van der Waals surface area contributed by atoms with E-state index in [4.69, 9.17) is 14.7 Å². The van der Waals surface area contributed by atoms with Crippen molar-refractivity contribution in [2.24, 2.45) is 5.92 Å². The third kappa shape index (κ3) is 14.7. The highest BCUT2D eigenvalue weighted by Gasteiger charge is 2.31. The first-order chi connectivity index (χ1) is 9.12. The van der Waals surface area contributed by atoms with Gasteiger partial charge in [-0.1, -0.05) is 52.4 Å². The van der Waals surface area contributed by atoms with Gasteiger partial charge in [0.05, 0.1) is 6.61 Å². The van der Waals surface area contributed by atoms with Crippen LogP contribution >= 0.6 is 15.6 Å². The zero-order valence-corrected chi connectivity index (χ0v) is 13.9. The average Bonchev–Trinajstić information content (AvgIpc) is 2.22. The molecule has 1 atom stereocenters. The van der Waals surface area contributed by atoms with Crippen molar-refractivity contribution >= 4 is 15.6 Å². The van der Waals surface area contributed by atoms with E-state index in [0.717, 1.165) is 25.2 Å². The number of hydrogen-bond acceptors (Lipinski definition) is 4. The van der Waals surface area contributed by atoms with Crippen molar-refractivity contribution in [1.82, 2.24) is 0 Å². The Bertz CT molecular complexity index is 340. The summed E-state index contributed by atoms with van der Waals surface area (Å²) in [5, 5.41) is 0. The molecule has 0 heterocycles. The van der Waals surface area contributed by atoms with Crippen molar-refractivity contribution in [3.8, 4) is 0 Å². The van der Waals surface area contributed by atoms with E-state index in [0.29, 0.717) is 6.42 Å². The summed E-state index contributed by atoms with van der Waals surface area (Å²) in [6, 6.07) is 0. The largest absolute Gasteiger partial charge is 0.481 e. The molecule has 0 aliphatic carbocycles. The van der Waals surface area contributed by atoms with Crippen LogP contribution in [0.1, 0.15) is 58.8 Å². The first kappa shape index (κ1) is 20.3. The predicted octanol–water partition coefficient (Wildman–Crippen LogP) is 3.60. The van der Waals surface area contributed by atoms with Crippen LogP contribution < -0.4 is 0 Å². The second-order valence-electron chi connectivity index (χ2n) is 5.18. The number of phosphoric acid groups is 2. The molecule has 0 spiro atoms. The molecular formula is C11H26O7P2. The standard InChI is InChI=1S/C11H26O7P2/c1-11(2)9-7-5-3-4-6-8-10-17-20(15,16)18-19(12,13)14/h11H,3-10H2,1-2H3,(H,15,16)(H2,12,13,14). The minimum Gasteiger partial charge on any atom is -0.302 e. The summed E-state index contributed by atoms with van der Waals surface area (Å²) >= 11 is 0. The minimum atomic E-state index is -5.01. The van der Waals surface area contributed by atoms with Gasteiger partial charge in [-0.05, 0) is 12.3 Å². The van der Waals surface area contributed by atoms with E-state index >= 15 is 0 Å². The van der Waals surface area contributed by atoms with Gasteiger partial charge in [0.15, 0.2) is 0 Å². The molecule has 9 heteroatoms. The van der Waals surface area contributed by atoms with Crippen molar-refractivity contribution < 1.29 is 32.6 Å². The number of rotatable bonds is 12. The Labute approximate surface area is 120 Å². The zero-order valence-electron chi connectivity index (χ0n) is 12.1. The Morgan fingerprint density at radius 2 is 1.40 bits per heavy atom. The van der Waals surface area contributed by atoms with Gasteiger partial charge in [0.2, 0.25) is 0 Å². The first-order valence-corrected chi connectivity index (χ1v) is 9.89. The maximum Gasteiger partial charge on any atom is 0.481 e. The molecule has 3 N–H and O–H groups in total. The molecule has 0 rings (SSSR count). The number of hydrogen-bond donors (Lipinski definition) is 3. The van der Waals surface area contributed by atoms with Crippen LogP contribution in [0.25, 0.3) is 0 Å². The predicted molar refractivity (Wildman–Crippen MR) is 76.1 cm³/mol. The van der Waals surface area contributed by atoms with Gasteiger partial charge in [-0.25, -0.2) is 9.13 Å². The third-order valence-electron chi connectivity index (χ3n) is 2.64. The summed E-state index contributed by atoms with van der Waals surface area (Å²) in [5.74, 6) is 0.733. The van der Waals surface area contributed by atoms with Gasteiger partial charge in [-0.2, -0.15) is 4.31 Å². The molecule has 0 bridgehead atoms. The molecular weight excluding hydrogens is 306 g/mol. The fourth-order valence-corrected chi connectivity index (χ4v) is 3.32. The molecule has 0 saturated carbocycles. The van der Waals surface area contributed by atoms with Crippen LogP contribution in [-0.4, -0.2) is 21.3 Å². The highest BCUT2D eigenvalue weighted by Crippen LogP contribution is 2.57. The summed E-state index contributed by atoms with van der Waals surface area (Å²) in [6.07, 6.45) is 7.15. The monoisotopic (exact) mass is 332 g/mol. The lowest BCUT2D eigenvalue weighted by molar-refractivity contribution is 0.176. The van der Waals surface area contributed by atoms with Gasteiger partial charge < -0.3 is 14.7 Å². The second kappa shape index (κ2) is 10.1. The molecule has 0 radical (unpaired) electrons. The highest BCUT2D eigenvalue weighted by atomic mass is 31.3. The Morgan fingerprint density at radius 1 is 0.900 bits per heavy atom. The molecule has 122 valence electrons. The van der Waals surface area contributed by atoms with Gasteiger partial charge >= 0.3 is 15.6 Å². The summed E-state index contributed by atoms with van der Waals surface area (Å²) < 4.78 is 29.6. The van der Waals surface area contributed by atoms with Crippen molar-refractivity contribution in [3.05, 3.63) is 0 Å². The smallest absolute Gasteiger partial charge is 0.302 e. The van der Waals surface area contributed by atoms with Crippen molar-refractivity contribution in [3.63, 3.8) is 0 Å². The van der Waals surface area contributed by atoms with Crippen LogP contribution in [0.4, 0.5) is 0 Å². The minimum absolute atomic E-state index is 0.0558. The van der Waals surface area contributed by atoms with E-state index in [1.165, 1.54) is 19.3 Å². The molecule has 0 aromatic heterocycles. The van der Waals surface area contributed by atoms with E-state index in [1.54, 1.807) is 0 Å². The second-order valence-corrected chi connectivity index (χ2v) is 8.01. The van der Waals surface area contributed by atoms with Gasteiger partial charge in [-0.3, -0.25) is 4.52 Å². The van der Waals surface area contributed by atoms with E-state index < -0.39 is 15.6 Å². The van der Waals surface area contributed by atoms with Gasteiger partial charge in [0.25, 0.3) is 0 Å². The van der Waals surface area contributed by atoms with Crippen LogP contribution in [0.3, 0.4) is 0 Å². The summed E-state index contributed by atoms with van der Waals surface area (Å²) in [6.45, 7) is 4.34. The van der Waals surface area contributed by atoms with Crippen LogP contribution in [0.15, 0.2) is 0 Å². The van der Waals surface area contributed by atoms with E-state index in [2.05, 4.69) is 22.7 Å². The summed E-state index contributed by atoms with van der Waals surface area (Å²) in [4.78, 5) is 25.8. The Kier molecular flexibility index (Phi) is 10.2. The fraction of sp³-hybridized carbons (Fsp3) is 1.00. The maximum absolute atomic E-state index is 11.1. The van der Waals surface area contributed by atoms with Gasteiger partial charge in [0, 0.05) is 0 Å². The van der Waals surface area contributed by atoms with Crippen LogP contribution in [0, 0.1) is 5.92 Å². The topological polar surface area (TPSA) is 113 Å². The van der Waals surface area contributed by atoms with Crippen LogP contribution in [-0.2, 0) is 18.0 Å². The lowest BCUT2D eigenvalue weighted by Gasteiger charge is -2.12. The third-order valence-corrected chi connectivity index (χ3v) is 4.83. The van der Waals surface area contributed by atoms with Crippen molar-refractivity contribution in [2.75, 3.05) is 6.61 Å². The first-order valence-electron chi connectivity index (χ1n) is 6.86. The van der Waals surface area contributed by atoms with Crippen LogP contribution in [0.5, 0.6) is 0 Å². The molecule has 1 unspecified atom stereocenters. The van der Waals surface area contributed by atoms with Crippen molar-refractivity contribution in [1.29, 1.82) is 0 Å². The number of unbranched alkanes of at least 4 members (excludes halogenated alkanes) is 5. The lowest BCUT2D eigenvalue weighted by atomic mass is 10.0. The lowest BCUT2D eigenvalue weighted by Crippen LogP contribution is -1.96. The van der Waals surface area contributed by atoms with E-state index in [-0.39, 0.29) is 6.61 Å². The SMILES string of the molecule is CC(C)CCCCCCCCOP(=O)(O)OP(=O)(O)O. The molecule has 0 saturated heterocycles. The van der Waals surface area contributed by atoms with Crippen molar-refractivity contribution in [2.45, 2.75) is 58.8 Å². The Morgan fingerprint density at radius 3 is 1.90 bits per heavy atom. The Hall–Kier alpha value is 0.260. The molecule has 0 aromatic carbocycles. The molecule has 7 nitrogen and oxygen atoms in total. The molecule has 0 amide bonds. The maximum atomic E-state index is 11.1. The highest BCUT2D eigenvalue weighted by molar-refractivity contribution is 7.60. The van der Waals surface area contributed by atoms with E-state index in [1.807, 2.05) is 0 Å². The quantitative estimate of drug-likeness (QED) is 0.369. The molecule has 0 aliphatic heterocycles. The Balaban J connectivity index is 3.48. The average molecular weight is 332 g/mol. The van der Waals surface area contributed by atoms with Crippen LogP contribution in [0.2, 0.25) is 0 Å². The summed E-state index contributed by atoms with van der Waals surface area (Å²) in [5.41, 5.74) is 0. The summed E-state index contributed by atoms with van der Waals surface area (Å²) in [7, 11) is -9.66. The molecule has 20 heavy (non-hydrogen) atoms. The van der Waals surface area contributed by atoms with Gasteiger partial charge in [0.1, 0.15) is 0 Å². The molecule has 0 fully saturated rings.